The van der Waals surface area contributed by atoms with Gasteiger partial charge in [-0.15, -0.1) is 0 Å². The van der Waals surface area contributed by atoms with E-state index in [9.17, 15) is 4.57 Å². The summed E-state index contributed by atoms with van der Waals surface area (Å²) in [4.78, 5) is 0. The molecule has 0 radical (unpaired) electrons. The van der Waals surface area contributed by atoms with E-state index in [4.69, 9.17) is 9.05 Å². The normalized spacial score (nSPS) is 14.6. The van der Waals surface area contributed by atoms with E-state index in [1.54, 1.807) is 0 Å². The van der Waals surface area contributed by atoms with Gasteiger partial charge in [-0.25, -0.2) is 0 Å². The SMILES string of the molecule is CCCCCCCNC1(P(=O)(OCC)OCC)c2ccccc2-c2ccccc21. The second-order valence-corrected chi connectivity index (χ2v) is 9.66. The van der Waals surface area contributed by atoms with Gasteiger partial charge in [-0.05, 0) is 49.1 Å². The average Bonchev–Trinajstić information content (AvgIpc) is 3.03. The summed E-state index contributed by atoms with van der Waals surface area (Å²) in [6.07, 6.45) is 5.90. The van der Waals surface area contributed by atoms with Crippen molar-refractivity contribution < 1.29 is 13.6 Å². The number of rotatable bonds is 12. The van der Waals surface area contributed by atoms with Gasteiger partial charge in [0.2, 0.25) is 0 Å². The van der Waals surface area contributed by atoms with Gasteiger partial charge in [0.1, 0.15) is 0 Å². The summed E-state index contributed by atoms with van der Waals surface area (Å²) in [5.41, 5.74) is 4.17. The molecule has 1 N–H and O–H groups in total. The van der Waals surface area contributed by atoms with Crippen LogP contribution < -0.4 is 5.32 Å². The summed E-state index contributed by atoms with van der Waals surface area (Å²) in [6, 6.07) is 16.4. The monoisotopic (exact) mass is 415 g/mol. The van der Waals surface area contributed by atoms with E-state index in [-0.39, 0.29) is 0 Å². The minimum atomic E-state index is -3.54. The highest BCUT2D eigenvalue weighted by Gasteiger charge is 2.58. The molecule has 0 aliphatic heterocycles. The first-order valence-corrected chi connectivity index (χ1v) is 12.5. The first-order chi connectivity index (χ1) is 14.1. The zero-order chi connectivity index (χ0) is 20.7. The van der Waals surface area contributed by atoms with Gasteiger partial charge in [-0.2, -0.15) is 0 Å². The van der Waals surface area contributed by atoms with Gasteiger partial charge >= 0.3 is 7.60 Å². The number of benzene rings is 2. The predicted molar refractivity (Wildman–Crippen MR) is 120 cm³/mol. The summed E-state index contributed by atoms with van der Waals surface area (Å²) >= 11 is 0. The zero-order valence-electron chi connectivity index (χ0n) is 17.9. The molecule has 0 heterocycles. The highest BCUT2D eigenvalue weighted by atomic mass is 31.2. The molecule has 29 heavy (non-hydrogen) atoms. The molecule has 0 spiro atoms. The van der Waals surface area contributed by atoms with Gasteiger partial charge in [-0.3, -0.25) is 9.88 Å². The molecule has 2 aromatic rings. The van der Waals surface area contributed by atoms with Crippen molar-refractivity contribution in [1.29, 1.82) is 0 Å². The van der Waals surface area contributed by atoms with Crippen molar-refractivity contribution in [2.75, 3.05) is 19.8 Å². The molecule has 0 saturated heterocycles. The molecule has 3 rings (SSSR count). The molecule has 2 aromatic carbocycles. The minimum Gasteiger partial charge on any atom is -0.307 e. The number of hydrogen-bond acceptors (Lipinski definition) is 4. The standard InChI is InChI=1S/C24H34NO3P/c1-4-7-8-9-14-19-25-24(29(26,27-5-2)28-6-3)22-17-12-10-15-20(22)21-16-11-13-18-23(21)24/h10-13,15-18,25H,4-9,14,19H2,1-3H3. The van der Waals surface area contributed by atoms with E-state index in [1.165, 1.54) is 19.3 Å². The highest BCUT2D eigenvalue weighted by molar-refractivity contribution is 7.55. The van der Waals surface area contributed by atoms with Crippen molar-refractivity contribution in [2.24, 2.45) is 0 Å². The maximum Gasteiger partial charge on any atom is 0.359 e. The van der Waals surface area contributed by atoms with E-state index in [2.05, 4.69) is 36.5 Å². The van der Waals surface area contributed by atoms with Crippen LogP contribution in [0.4, 0.5) is 0 Å². The van der Waals surface area contributed by atoms with Crippen molar-refractivity contribution >= 4 is 7.60 Å². The molecule has 0 bridgehead atoms. The average molecular weight is 416 g/mol. The molecular formula is C24H34NO3P. The third kappa shape index (κ3) is 4.09. The number of hydrogen-bond donors (Lipinski definition) is 1. The van der Waals surface area contributed by atoms with Crippen LogP contribution in [0.2, 0.25) is 0 Å². The summed E-state index contributed by atoms with van der Waals surface area (Å²) in [6.45, 7) is 7.40. The smallest absolute Gasteiger partial charge is 0.307 e. The van der Waals surface area contributed by atoms with Gasteiger partial charge in [0.05, 0.1) is 13.2 Å². The number of nitrogens with one attached hydrogen (secondary N) is 1. The Balaban J connectivity index is 2.07. The zero-order valence-corrected chi connectivity index (χ0v) is 18.8. The topological polar surface area (TPSA) is 47.6 Å². The molecule has 158 valence electrons. The molecule has 4 nitrogen and oxygen atoms in total. The van der Waals surface area contributed by atoms with Crippen molar-refractivity contribution in [3.8, 4) is 11.1 Å². The van der Waals surface area contributed by atoms with Crippen molar-refractivity contribution in [3.05, 3.63) is 59.7 Å². The maximum absolute atomic E-state index is 14.3. The maximum atomic E-state index is 14.3. The van der Waals surface area contributed by atoms with Crippen LogP contribution >= 0.6 is 7.60 Å². The molecule has 0 fully saturated rings. The Kier molecular flexibility index (Phi) is 7.70. The van der Waals surface area contributed by atoms with Crippen molar-refractivity contribution in [1.82, 2.24) is 5.32 Å². The third-order valence-corrected chi connectivity index (χ3v) is 8.25. The van der Waals surface area contributed by atoms with Gasteiger partial charge in [0.25, 0.3) is 0 Å². The molecule has 0 atom stereocenters. The molecule has 0 unspecified atom stereocenters. The summed E-state index contributed by atoms with van der Waals surface area (Å²) in [5.74, 6) is 0. The second-order valence-electron chi connectivity index (χ2n) is 7.48. The van der Waals surface area contributed by atoms with Gasteiger partial charge in [0.15, 0.2) is 5.28 Å². The van der Waals surface area contributed by atoms with Gasteiger partial charge in [0, 0.05) is 0 Å². The van der Waals surface area contributed by atoms with Crippen molar-refractivity contribution in [2.45, 2.75) is 58.2 Å². The van der Waals surface area contributed by atoms with Gasteiger partial charge < -0.3 is 9.05 Å². The Morgan fingerprint density at radius 2 is 1.31 bits per heavy atom. The fourth-order valence-corrected chi connectivity index (χ4v) is 6.79. The molecule has 5 heteroatoms. The van der Waals surface area contributed by atoms with Crippen LogP contribution in [0.1, 0.15) is 64.0 Å². The first kappa shape index (κ1) is 22.2. The second kappa shape index (κ2) is 10.0. The van der Waals surface area contributed by atoms with Crippen LogP contribution in [-0.2, 0) is 18.9 Å². The largest absolute Gasteiger partial charge is 0.359 e. The lowest BCUT2D eigenvalue weighted by molar-refractivity contribution is 0.194. The fraction of sp³-hybridized carbons (Fsp3) is 0.500. The molecule has 0 amide bonds. The van der Waals surface area contributed by atoms with Gasteiger partial charge in [-0.1, -0.05) is 81.1 Å². The summed E-state index contributed by atoms with van der Waals surface area (Å²) in [7, 11) is -3.54. The van der Waals surface area contributed by atoms with Crippen LogP contribution in [0, 0.1) is 0 Å². The number of fused-ring (bicyclic) bond motifs is 3. The quantitative estimate of drug-likeness (QED) is 0.310. The Labute approximate surface area is 175 Å². The van der Waals surface area contributed by atoms with E-state index >= 15 is 0 Å². The lowest BCUT2D eigenvalue weighted by atomic mass is 10.0. The van der Waals surface area contributed by atoms with Crippen LogP contribution in [0.25, 0.3) is 11.1 Å². The Hall–Kier alpha value is -1.45. The van der Waals surface area contributed by atoms with E-state index in [0.717, 1.165) is 41.6 Å². The molecule has 1 aliphatic carbocycles. The molecule has 1 aliphatic rings. The first-order valence-electron chi connectivity index (χ1n) is 11.0. The van der Waals surface area contributed by atoms with Crippen molar-refractivity contribution in [3.63, 3.8) is 0 Å². The van der Waals surface area contributed by atoms with Crippen LogP contribution in [0.5, 0.6) is 0 Å². The fourth-order valence-electron chi connectivity index (χ4n) is 4.36. The Morgan fingerprint density at radius 1 is 0.793 bits per heavy atom. The minimum absolute atomic E-state index is 0.335. The van der Waals surface area contributed by atoms with E-state index < -0.39 is 12.9 Å². The summed E-state index contributed by atoms with van der Waals surface area (Å²) in [5, 5.41) is 2.71. The third-order valence-electron chi connectivity index (χ3n) is 5.59. The molecular weight excluding hydrogens is 381 g/mol. The molecule has 0 aromatic heterocycles. The van der Waals surface area contributed by atoms with Crippen LogP contribution in [0.15, 0.2) is 48.5 Å². The highest BCUT2D eigenvalue weighted by Crippen LogP contribution is 2.70. The summed E-state index contributed by atoms with van der Waals surface area (Å²) < 4.78 is 26.2. The van der Waals surface area contributed by atoms with E-state index in [1.807, 2.05) is 38.1 Å². The van der Waals surface area contributed by atoms with E-state index in [0.29, 0.717) is 13.2 Å². The predicted octanol–water partition coefficient (Wildman–Crippen LogP) is 6.69. The lowest BCUT2D eigenvalue weighted by Crippen LogP contribution is -2.43. The lowest BCUT2D eigenvalue weighted by Gasteiger charge is -2.38. The Morgan fingerprint density at radius 3 is 1.83 bits per heavy atom. The van der Waals surface area contributed by atoms with Crippen LogP contribution in [0.3, 0.4) is 0 Å². The number of unbranched alkanes of at least 4 members (excludes halogenated alkanes) is 4. The Bertz CT molecular complexity index is 796. The van der Waals surface area contributed by atoms with Crippen LogP contribution in [-0.4, -0.2) is 19.8 Å². The molecule has 0 saturated carbocycles.